The van der Waals surface area contributed by atoms with Crippen molar-refractivity contribution in [2.24, 2.45) is 0 Å². The van der Waals surface area contributed by atoms with Crippen LogP contribution >= 0.6 is 0 Å². The molecule has 0 aromatic carbocycles. The summed E-state index contributed by atoms with van der Waals surface area (Å²) in [4.78, 5) is 28.6. The minimum Gasteiger partial charge on any atom is -0.328 e. The minimum atomic E-state index is -0.229. The van der Waals surface area contributed by atoms with Crippen LogP contribution in [0.2, 0.25) is 0 Å². The summed E-state index contributed by atoms with van der Waals surface area (Å²) < 4.78 is 1.34. The second-order valence-electron chi connectivity index (χ2n) is 2.72. The lowest BCUT2D eigenvalue weighted by Crippen LogP contribution is -2.12. The van der Waals surface area contributed by atoms with Gasteiger partial charge in [-0.2, -0.15) is 0 Å². The molecule has 5 heteroatoms. The van der Waals surface area contributed by atoms with Crippen molar-refractivity contribution < 1.29 is 4.79 Å². The molecular weight excluding hydrogens is 182 g/mol. The highest BCUT2D eigenvalue weighted by molar-refractivity contribution is 5.95. The Morgan fingerprint density at radius 2 is 2.29 bits per heavy atom. The number of carbonyl (C=O) groups is 1. The third kappa shape index (κ3) is 1.47. The van der Waals surface area contributed by atoms with Gasteiger partial charge in [0, 0.05) is 24.7 Å². The van der Waals surface area contributed by atoms with Crippen molar-refractivity contribution in [1.82, 2.24) is 14.5 Å². The molecule has 2 aromatic rings. The highest BCUT2D eigenvalue weighted by atomic mass is 16.2. The van der Waals surface area contributed by atoms with E-state index in [0.29, 0.717) is 5.56 Å². The Kier molecular flexibility index (Phi) is 1.98. The van der Waals surface area contributed by atoms with E-state index in [1.165, 1.54) is 35.4 Å². The first-order valence-corrected chi connectivity index (χ1v) is 3.99. The van der Waals surface area contributed by atoms with E-state index >= 15 is 0 Å². The number of nitrogens with one attached hydrogen (secondary N) is 1. The molecule has 0 aliphatic carbocycles. The number of H-pyrrole nitrogens is 1. The van der Waals surface area contributed by atoms with E-state index in [2.05, 4.69) is 9.97 Å². The highest BCUT2D eigenvalue weighted by Gasteiger charge is 2.06. The van der Waals surface area contributed by atoms with Crippen LogP contribution in [-0.4, -0.2) is 20.4 Å². The summed E-state index contributed by atoms with van der Waals surface area (Å²) in [6, 6.07) is 2.78. The van der Waals surface area contributed by atoms with Gasteiger partial charge in [-0.25, -0.2) is 4.98 Å². The zero-order valence-corrected chi connectivity index (χ0v) is 7.18. The number of hydrogen-bond donors (Lipinski definition) is 1. The topological polar surface area (TPSA) is 67.8 Å². The van der Waals surface area contributed by atoms with E-state index in [4.69, 9.17) is 0 Å². The summed E-state index contributed by atoms with van der Waals surface area (Å²) in [6.07, 6.45) is 5.86. The quantitative estimate of drug-likeness (QED) is 0.699. The Labute approximate surface area is 79.0 Å². The van der Waals surface area contributed by atoms with Crippen LogP contribution in [0.25, 0.3) is 0 Å². The number of hydrogen-bond acceptors (Lipinski definition) is 3. The molecule has 1 N–H and O–H groups in total. The molecule has 0 saturated carbocycles. The third-order valence-electron chi connectivity index (χ3n) is 1.77. The van der Waals surface area contributed by atoms with Crippen LogP contribution in [0.15, 0.2) is 41.8 Å². The number of imidazole rings is 1. The largest absolute Gasteiger partial charge is 0.328 e. The molecule has 0 amide bonds. The van der Waals surface area contributed by atoms with Crippen molar-refractivity contribution in [2.45, 2.75) is 0 Å². The summed E-state index contributed by atoms with van der Waals surface area (Å²) in [5.41, 5.74) is 0.190. The molecule has 70 valence electrons. The van der Waals surface area contributed by atoms with Crippen LogP contribution in [0.1, 0.15) is 10.4 Å². The zero-order chi connectivity index (χ0) is 9.97. The van der Waals surface area contributed by atoms with Crippen molar-refractivity contribution in [1.29, 1.82) is 0 Å². The van der Waals surface area contributed by atoms with Crippen LogP contribution in [0, 0.1) is 0 Å². The molecule has 2 rings (SSSR count). The van der Waals surface area contributed by atoms with Crippen molar-refractivity contribution in [3.8, 4) is 0 Å². The molecule has 0 radical (unpaired) electrons. The first-order chi connectivity index (χ1) is 6.77. The van der Waals surface area contributed by atoms with Gasteiger partial charge in [-0.3, -0.25) is 14.2 Å². The average Bonchev–Trinajstić information content (AvgIpc) is 2.71. The molecule has 0 saturated heterocycles. The standard InChI is InChI=1S/C9H7N3O2/c13-8-2-1-7(5-11-8)9(14)12-4-3-10-6-12/h1-6H,(H,11,13). The number of aromatic nitrogens is 3. The molecule has 2 aromatic heterocycles. The van der Waals surface area contributed by atoms with Gasteiger partial charge in [0.25, 0.3) is 5.91 Å². The molecular formula is C9H7N3O2. The molecule has 0 bridgehead atoms. The van der Waals surface area contributed by atoms with E-state index in [0.717, 1.165) is 0 Å². The van der Waals surface area contributed by atoms with Crippen molar-refractivity contribution in [3.63, 3.8) is 0 Å². The van der Waals surface area contributed by atoms with E-state index < -0.39 is 0 Å². The van der Waals surface area contributed by atoms with Crippen molar-refractivity contribution >= 4 is 5.91 Å². The number of pyridine rings is 1. The summed E-state index contributed by atoms with van der Waals surface area (Å²) in [5.74, 6) is -0.223. The number of aromatic amines is 1. The molecule has 0 spiro atoms. The fourth-order valence-corrected chi connectivity index (χ4v) is 1.07. The number of nitrogens with zero attached hydrogens (tertiary/aromatic N) is 2. The summed E-state index contributed by atoms with van der Waals surface area (Å²) >= 11 is 0. The first-order valence-electron chi connectivity index (χ1n) is 3.99. The van der Waals surface area contributed by atoms with E-state index in [1.807, 2.05) is 0 Å². The zero-order valence-electron chi connectivity index (χ0n) is 7.18. The monoisotopic (exact) mass is 189 g/mol. The van der Waals surface area contributed by atoms with Crippen LogP contribution in [-0.2, 0) is 0 Å². The predicted molar refractivity (Wildman–Crippen MR) is 49.0 cm³/mol. The van der Waals surface area contributed by atoms with E-state index in [9.17, 15) is 9.59 Å². The Balaban J connectivity index is 2.37. The fourth-order valence-electron chi connectivity index (χ4n) is 1.07. The molecule has 0 atom stereocenters. The van der Waals surface area contributed by atoms with E-state index in [1.54, 1.807) is 6.20 Å². The maximum Gasteiger partial charge on any atom is 0.264 e. The second-order valence-corrected chi connectivity index (χ2v) is 2.72. The normalized spacial score (nSPS) is 10.0. The SMILES string of the molecule is O=C(c1ccc(=O)[nH]c1)n1ccnc1. The van der Waals surface area contributed by atoms with Crippen LogP contribution in [0.3, 0.4) is 0 Å². The van der Waals surface area contributed by atoms with Crippen molar-refractivity contribution in [2.75, 3.05) is 0 Å². The Morgan fingerprint density at radius 3 is 2.86 bits per heavy atom. The smallest absolute Gasteiger partial charge is 0.264 e. The van der Waals surface area contributed by atoms with Gasteiger partial charge < -0.3 is 4.98 Å². The molecule has 0 unspecified atom stereocenters. The minimum absolute atomic E-state index is 0.223. The van der Waals surface area contributed by atoms with Crippen LogP contribution in [0.5, 0.6) is 0 Å². The first kappa shape index (κ1) is 8.43. The highest BCUT2D eigenvalue weighted by Crippen LogP contribution is 1.98. The lowest BCUT2D eigenvalue weighted by Gasteiger charge is -1.98. The molecule has 0 aliphatic heterocycles. The van der Waals surface area contributed by atoms with Crippen LogP contribution in [0.4, 0.5) is 0 Å². The second kappa shape index (κ2) is 3.29. The maximum absolute atomic E-state index is 11.6. The molecule has 14 heavy (non-hydrogen) atoms. The molecule has 2 heterocycles. The Bertz CT molecular complexity index is 479. The Morgan fingerprint density at radius 1 is 1.43 bits per heavy atom. The van der Waals surface area contributed by atoms with Crippen LogP contribution < -0.4 is 5.56 Å². The summed E-state index contributed by atoms with van der Waals surface area (Å²) in [5, 5.41) is 0. The van der Waals surface area contributed by atoms with Gasteiger partial charge in [0.1, 0.15) is 6.33 Å². The summed E-state index contributed by atoms with van der Waals surface area (Å²) in [6.45, 7) is 0. The van der Waals surface area contributed by atoms with Gasteiger partial charge in [-0.1, -0.05) is 0 Å². The predicted octanol–water partition coefficient (Wildman–Crippen LogP) is 0.260. The lowest BCUT2D eigenvalue weighted by molar-refractivity contribution is 0.0959. The maximum atomic E-state index is 11.6. The molecule has 5 nitrogen and oxygen atoms in total. The van der Waals surface area contributed by atoms with Gasteiger partial charge in [0.05, 0.1) is 5.56 Å². The number of rotatable bonds is 1. The lowest BCUT2D eigenvalue weighted by atomic mass is 10.3. The molecule has 0 fully saturated rings. The fraction of sp³-hybridized carbons (Fsp3) is 0. The van der Waals surface area contributed by atoms with Gasteiger partial charge in [0.2, 0.25) is 5.56 Å². The van der Waals surface area contributed by atoms with Gasteiger partial charge in [-0.15, -0.1) is 0 Å². The number of carbonyl (C=O) groups excluding carboxylic acids is 1. The summed E-state index contributed by atoms with van der Waals surface area (Å²) in [7, 11) is 0. The van der Waals surface area contributed by atoms with E-state index in [-0.39, 0.29) is 11.5 Å². The van der Waals surface area contributed by atoms with Gasteiger partial charge in [0.15, 0.2) is 0 Å². The average molecular weight is 189 g/mol. The Hall–Kier alpha value is -2.17. The van der Waals surface area contributed by atoms with Crippen molar-refractivity contribution in [3.05, 3.63) is 53.0 Å². The molecule has 0 aliphatic rings. The van der Waals surface area contributed by atoms with Gasteiger partial charge >= 0.3 is 0 Å². The van der Waals surface area contributed by atoms with Gasteiger partial charge in [-0.05, 0) is 6.07 Å². The third-order valence-corrected chi connectivity index (χ3v) is 1.77.